The molecule has 0 unspecified atom stereocenters. The van der Waals surface area contributed by atoms with Gasteiger partial charge in [-0.2, -0.15) is 9.78 Å². The lowest BCUT2D eigenvalue weighted by Crippen LogP contribution is -2.29. The Morgan fingerprint density at radius 2 is 2.00 bits per heavy atom. The smallest absolute Gasteiger partial charge is 0.347 e. The number of methoxy groups -OCH3 is 1. The third-order valence-electron chi connectivity index (χ3n) is 4.97. The summed E-state index contributed by atoms with van der Waals surface area (Å²) in [5.41, 5.74) is 0.610. The van der Waals surface area contributed by atoms with Crippen molar-refractivity contribution in [2.45, 2.75) is 46.1 Å². The van der Waals surface area contributed by atoms with Gasteiger partial charge in [-0.05, 0) is 72.3 Å². The van der Waals surface area contributed by atoms with Gasteiger partial charge in [0.2, 0.25) is 0 Å². The molecule has 0 aliphatic heterocycles. The first-order chi connectivity index (χ1) is 16.5. The zero-order valence-electron chi connectivity index (χ0n) is 20.4. The number of nitrogens with zero attached hydrogens (tertiary/aromatic N) is 3. The van der Waals surface area contributed by atoms with Gasteiger partial charge in [0.05, 0.1) is 34.4 Å². The van der Waals surface area contributed by atoms with Crippen LogP contribution in [-0.4, -0.2) is 41.7 Å². The Hall–Kier alpha value is -2.47. The first-order valence-electron chi connectivity index (χ1n) is 10.9. The van der Waals surface area contributed by atoms with Crippen LogP contribution in [0, 0.1) is 3.57 Å². The minimum absolute atomic E-state index is 0.262. The van der Waals surface area contributed by atoms with E-state index in [9.17, 15) is 9.59 Å². The molecule has 0 saturated carbocycles. The Morgan fingerprint density at radius 3 is 2.63 bits per heavy atom. The summed E-state index contributed by atoms with van der Waals surface area (Å²) in [5, 5.41) is 4.98. The van der Waals surface area contributed by atoms with Gasteiger partial charge in [-0.25, -0.2) is 9.78 Å². The topological polar surface area (TPSA) is 92.0 Å². The third kappa shape index (κ3) is 6.21. The highest BCUT2D eigenvalue weighted by Crippen LogP contribution is 2.34. The third-order valence-corrected chi connectivity index (χ3v) is 6.26. The maximum Gasteiger partial charge on any atom is 0.347 e. The van der Waals surface area contributed by atoms with E-state index in [4.69, 9.17) is 19.2 Å². The number of fused-ring (bicyclic) bond motifs is 1. The second-order valence-electron chi connectivity index (χ2n) is 8.75. The summed E-state index contributed by atoms with van der Waals surface area (Å²) in [6.07, 6.45) is 0.776. The van der Waals surface area contributed by atoms with Crippen LogP contribution in [0.5, 0.6) is 11.5 Å². The average molecular weight is 656 g/mol. The number of rotatable bonds is 7. The fraction of sp³-hybridized carbons (Fsp3) is 0.360. The van der Waals surface area contributed by atoms with Gasteiger partial charge in [0.15, 0.2) is 17.6 Å². The molecule has 186 valence electrons. The molecule has 1 aromatic heterocycles. The van der Waals surface area contributed by atoms with Crippen LogP contribution >= 0.6 is 38.5 Å². The summed E-state index contributed by atoms with van der Waals surface area (Å²) < 4.78 is 19.2. The van der Waals surface area contributed by atoms with E-state index < -0.39 is 17.5 Å². The van der Waals surface area contributed by atoms with Crippen LogP contribution in [0.1, 0.15) is 46.0 Å². The van der Waals surface area contributed by atoms with E-state index in [1.807, 2.05) is 39.0 Å². The molecule has 0 radical (unpaired) electrons. The number of carbonyl (C=O) groups is 1. The number of esters is 1. The Balaban J connectivity index is 2.06. The molecule has 10 heteroatoms. The molecule has 1 heterocycles. The zero-order chi connectivity index (χ0) is 25.9. The molecular formula is C25H27BrIN3O5. The van der Waals surface area contributed by atoms with E-state index in [1.165, 1.54) is 11.8 Å². The van der Waals surface area contributed by atoms with Crippen molar-refractivity contribution in [3.8, 4) is 11.5 Å². The lowest BCUT2D eigenvalue weighted by Gasteiger charge is -2.21. The number of benzene rings is 2. The summed E-state index contributed by atoms with van der Waals surface area (Å²) in [6.45, 7) is 9.57. The van der Waals surface area contributed by atoms with Gasteiger partial charge >= 0.3 is 5.97 Å². The van der Waals surface area contributed by atoms with Gasteiger partial charge in [-0.15, -0.1) is 0 Å². The molecule has 0 saturated heterocycles. The largest absolute Gasteiger partial charge is 0.493 e. The Bertz CT molecular complexity index is 1350. The summed E-state index contributed by atoms with van der Waals surface area (Å²) in [4.78, 5) is 30.1. The molecule has 3 rings (SSSR count). The molecule has 35 heavy (non-hydrogen) atoms. The van der Waals surface area contributed by atoms with Crippen molar-refractivity contribution in [3.05, 3.63) is 60.1 Å². The van der Waals surface area contributed by atoms with Crippen LogP contribution in [0.25, 0.3) is 10.9 Å². The number of ether oxygens (including phenoxy) is 3. The Kier molecular flexibility index (Phi) is 8.58. The van der Waals surface area contributed by atoms with E-state index >= 15 is 0 Å². The van der Waals surface area contributed by atoms with E-state index in [0.717, 1.165) is 4.47 Å². The van der Waals surface area contributed by atoms with Gasteiger partial charge in [0, 0.05) is 9.89 Å². The highest BCUT2D eigenvalue weighted by molar-refractivity contribution is 14.1. The number of hydrogen-bond acceptors (Lipinski definition) is 7. The minimum atomic E-state index is -0.798. The molecule has 2 aromatic carbocycles. The molecule has 1 atom stereocenters. The number of halogens is 2. The van der Waals surface area contributed by atoms with Crippen molar-refractivity contribution < 1.29 is 19.0 Å². The van der Waals surface area contributed by atoms with Crippen molar-refractivity contribution in [1.29, 1.82) is 0 Å². The Labute approximate surface area is 225 Å². The first-order valence-corrected chi connectivity index (χ1v) is 12.8. The van der Waals surface area contributed by atoms with Gasteiger partial charge in [-0.1, -0.05) is 36.7 Å². The van der Waals surface area contributed by atoms with Crippen molar-refractivity contribution in [1.82, 2.24) is 9.66 Å². The number of aromatic nitrogens is 2. The van der Waals surface area contributed by atoms with Crippen LogP contribution < -0.4 is 15.0 Å². The molecular weight excluding hydrogens is 629 g/mol. The number of hydrogen-bond donors (Lipinski definition) is 0. The van der Waals surface area contributed by atoms with Gasteiger partial charge in [0.1, 0.15) is 5.82 Å². The van der Waals surface area contributed by atoms with Gasteiger partial charge in [-0.3, -0.25) is 4.79 Å². The molecule has 0 bridgehead atoms. The number of carbonyl (C=O) groups excluding carboxylic acids is 1. The predicted octanol–water partition coefficient (Wildman–Crippen LogP) is 5.28. The van der Waals surface area contributed by atoms with Crippen molar-refractivity contribution >= 4 is 61.6 Å². The predicted molar refractivity (Wildman–Crippen MR) is 148 cm³/mol. The van der Waals surface area contributed by atoms with Crippen molar-refractivity contribution in [2.24, 2.45) is 5.10 Å². The summed E-state index contributed by atoms with van der Waals surface area (Å²) in [6, 6.07) is 8.97. The fourth-order valence-corrected chi connectivity index (χ4v) is 4.39. The standard InChI is InChI=1S/C25H27BrIN3O5/c1-7-34-23(32)14(2)35-21-18(27)10-15(11-20(21)33-6)13-28-30-22(31)17-12-16(26)8-9-19(17)29-24(30)25(3,4)5/h8-14H,7H2,1-6H3/t14-/m1/s1. The first kappa shape index (κ1) is 27.1. The van der Waals surface area contributed by atoms with Crippen molar-refractivity contribution in [3.63, 3.8) is 0 Å². The van der Waals surface area contributed by atoms with Crippen LogP contribution in [-0.2, 0) is 14.9 Å². The Morgan fingerprint density at radius 1 is 1.29 bits per heavy atom. The van der Waals surface area contributed by atoms with Crippen LogP contribution in [0.2, 0.25) is 0 Å². The van der Waals surface area contributed by atoms with E-state index in [0.29, 0.717) is 37.4 Å². The van der Waals surface area contributed by atoms with Crippen molar-refractivity contribution in [2.75, 3.05) is 13.7 Å². The quantitative estimate of drug-likeness (QED) is 0.195. The fourth-order valence-electron chi connectivity index (χ4n) is 3.28. The van der Waals surface area contributed by atoms with Crippen LogP contribution in [0.4, 0.5) is 0 Å². The molecule has 0 amide bonds. The zero-order valence-corrected chi connectivity index (χ0v) is 24.1. The second-order valence-corrected chi connectivity index (χ2v) is 10.8. The molecule has 0 N–H and O–H groups in total. The molecule has 0 aliphatic rings. The lowest BCUT2D eigenvalue weighted by atomic mass is 9.95. The molecule has 0 aliphatic carbocycles. The van der Waals surface area contributed by atoms with Gasteiger partial charge < -0.3 is 14.2 Å². The van der Waals surface area contributed by atoms with E-state index in [1.54, 1.807) is 32.2 Å². The summed E-state index contributed by atoms with van der Waals surface area (Å²) >= 11 is 5.52. The molecule has 3 aromatic rings. The maximum atomic E-state index is 13.4. The maximum absolute atomic E-state index is 13.4. The molecule has 0 spiro atoms. The second kappa shape index (κ2) is 11.1. The monoisotopic (exact) mass is 655 g/mol. The SMILES string of the molecule is CCOC(=O)[C@@H](C)Oc1c(I)cc(C=Nn2c(C(C)(C)C)nc3ccc(Br)cc3c2=O)cc1OC. The van der Waals surface area contributed by atoms with E-state index in [2.05, 4.69) is 43.6 Å². The van der Waals surface area contributed by atoms with E-state index in [-0.39, 0.29) is 12.2 Å². The van der Waals surface area contributed by atoms with Crippen LogP contribution in [0.3, 0.4) is 0 Å². The lowest BCUT2D eigenvalue weighted by molar-refractivity contribution is -0.150. The molecule has 8 nitrogen and oxygen atoms in total. The molecule has 0 fully saturated rings. The summed E-state index contributed by atoms with van der Waals surface area (Å²) in [7, 11) is 1.52. The van der Waals surface area contributed by atoms with Gasteiger partial charge in [0.25, 0.3) is 5.56 Å². The normalized spacial score (nSPS) is 12.7. The minimum Gasteiger partial charge on any atom is -0.493 e. The van der Waals surface area contributed by atoms with Crippen LogP contribution in [0.15, 0.2) is 44.7 Å². The average Bonchev–Trinajstić information content (AvgIpc) is 2.79. The highest BCUT2D eigenvalue weighted by Gasteiger charge is 2.23. The summed E-state index contributed by atoms with van der Waals surface area (Å²) in [5.74, 6) is 0.938. The highest BCUT2D eigenvalue weighted by atomic mass is 127.